The molecule has 1 amide bonds. The van der Waals surface area contributed by atoms with Gasteiger partial charge in [-0.2, -0.15) is 0 Å². The summed E-state index contributed by atoms with van der Waals surface area (Å²) in [5, 5.41) is 8.45. The lowest BCUT2D eigenvalue weighted by atomic mass is 10.2. The van der Waals surface area contributed by atoms with Gasteiger partial charge in [0.15, 0.2) is 0 Å². The molecule has 2 aromatic rings. The number of nitrogens with zero attached hydrogens (tertiary/aromatic N) is 5. The number of carbonyl (C=O) groups is 1. The van der Waals surface area contributed by atoms with E-state index in [9.17, 15) is 4.79 Å². The lowest BCUT2D eigenvalue weighted by Crippen LogP contribution is -2.51. The minimum absolute atomic E-state index is 0.0575. The Kier molecular flexibility index (Phi) is 5.99. The van der Waals surface area contributed by atoms with Gasteiger partial charge in [-0.15, -0.1) is 10.2 Å². The quantitative estimate of drug-likeness (QED) is 0.767. The molecule has 1 unspecified atom stereocenters. The van der Waals surface area contributed by atoms with Crippen molar-refractivity contribution in [3.63, 3.8) is 0 Å². The van der Waals surface area contributed by atoms with Crippen LogP contribution in [0.2, 0.25) is 0 Å². The molecular weight excluding hydrogens is 358 g/mol. The molecule has 8 heteroatoms. The van der Waals surface area contributed by atoms with Crippen molar-refractivity contribution in [3.8, 4) is 11.5 Å². The SMILES string of the molecule is CC(c1nnc(-c2ccccc2)o1)N1CCN(CC(=O)N2CCOCC2)CC1. The molecule has 0 saturated carbocycles. The van der Waals surface area contributed by atoms with Crippen LogP contribution in [-0.4, -0.2) is 89.8 Å². The molecule has 0 aliphatic carbocycles. The third-order valence-corrected chi connectivity index (χ3v) is 5.50. The molecule has 1 aromatic heterocycles. The lowest BCUT2D eigenvalue weighted by Gasteiger charge is -2.37. The van der Waals surface area contributed by atoms with Crippen LogP contribution in [0.25, 0.3) is 11.5 Å². The third kappa shape index (κ3) is 4.40. The van der Waals surface area contributed by atoms with E-state index in [1.54, 1.807) is 0 Å². The van der Waals surface area contributed by atoms with Crippen LogP contribution in [0, 0.1) is 0 Å². The first-order valence-corrected chi connectivity index (χ1v) is 9.91. The van der Waals surface area contributed by atoms with Gasteiger partial charge in [0.1, 0.15) is 0 Å². The van der Waals surface area contributed by atoms with Gasteiger partial charge < -0.3 is 14.1 Å². The number of amides is 1. The lowest BCUT2D eigenvalue weighted by molar-refractivity contribution is -0.137. The van der Waals surface area contributed by atoms with E-state index in [0.29, 0.717) is 44.6 Å². The van der Waals surface area contributed by atoms with Crippen LogP contribution in [-0.2, 0) is 9.53 Å². The summed E-state index contributed by atoms with van der Waals surface area (Å²) >= 11 is 0. The molecule has 2 saturated heterocycles. The number of morpholine rings is 1. The zero-order valence-electron chi connectivity index (χ0n) is 16.3. The number of carbonyl (C=O) groups excluding carboxylic acids is 1. The van der Waals surface area contributed by atoms with Crippen LogP contribution in [0.1, 0.15) is 18.9 Å². The monoisotopic (exact) mass is 385 g/mol. The molecule has 3 heterocycles. The number of rotatable bonds is 5. The van der Waals surface area contributed by atoms with Gasteiger partial charge >= 0.3 is 0 Å². The Morgan fingerprint density at radius 3 is 2.46 bits per heavy atom. The molecule has 0 bridgehead atoms. The summed E-state index contributed by atoms with van der Waals surface area (Å²) in [6.45, 7) is 8.75. The van der Waals surface area contributed by atoms with E-state index >= 15 is 0 Å². The van der Waals surface area contributed by atoms with Crippen molar-refractivity contribution in [2.24, 2.45) is 0 Å². The van der Waals surface area contributed by atoms with Crippen LogP contribution in [0.15, 0.2) is 34.7 Å². The van der Waals surface area contributed by atoms with Crippen molar-refractivity contribution < 1.29 is 13.9 Å². The smallest absolute Gasteiger partial charge is 0.247 e. The zero-order valence-corrected chi connectivity index (χ0v) is 16.3. The van der Waals surface area contributed by atoms with Crippen LogP contribution in [0.4, 0.5) is 0 Å². The van der Waals surface area contributed by atoms with Crippen LogP contribution in [0.3, 0.4) is 0 Å². The minimum atomic E-state index is 0.0575. The molecule has 0 N–H and O–H groups in total. The molecule has 2 aliphatic heterocycles. The van der Waals surface area contributed by atoms with E-state index < -0.39 is 0 Å². The molecule has 8 nitrogen and oxygen atoms in total. The summed E-state index contributed by atoms with van der Waals surface area (Å²) in [6.07, 6.45) is 0. The average Bonchev–Trinajstić information content (AvgIpc) is 3.25. The maximum atomic E-state index is 12.4. The Morgan fingerprint density at radius 2 is 1.75 bits per heavy atom. The van der Waals surface area contributed by atoms with Crippen LogP contribution >= 0.6 is 0 Å². The summed E-state index contributed by atoms with van der Waals surface area (Å²) in [6, 6.07) is 9.87. The first kappa shape index (κ1) is 19.0. The van der Waals surface area contributed by atoms with Gasteiger partial charge in [0.25, 0.3) is 0 Å². The fraction of sp³-hybridized carbons (Fsp3) is 0.550. The first-order chi connectivity index (χ1) is 13.7. The maximum absolute atomic E-state index is 12.4. The highest BCUT2D eigenvalue weighted by atomic mass is 16.5. The van der Waals surface area contributed by atoms with E-state index in [1.165, 1.54) is 0 Å². The van der Waals surface area contributed by atoms with Crippen molar-refractivity contribution in [1.82, 2.24) is 24.9 Å². The molecule has 4 rings (SSSR count). The molecule has 0 radical (unpaired) electrons. The highest BCUT2D eigenvalue weighted by molar-refractivity contribution is 5.78. The van der Waals surface area contributed by atoms with Crippen molar-refractivity contribution in [2.45, 2.75) is 13.0 Å². The average molecular weight is 385 g/mol. The standard InChI is InChI=1S/C20H27N5O3/c1-16(19-21-22-20(28-19)17-5-3-2-4-6-17)24-9-7-23(8-10-24)15-18(26)25-11-13-27-14-12-25/h2-6,16H,7-15H2,1H3. The van der Waals surface area contributed by atoms with E-state index in [0.717, 1.165) is 31.7 Å². The fourth-order valence-corrected chi connectivity index (χ4v) is 3.67. The molecular formula is C20H27N5O3. The van der Waals surface area contributed by atoms with Crippen LogP contribution in [0.5, 0.6) is 0 Å². The molecule has 1 aromatic carbocycles. The molecule has 150 valence electrons. The van der Waals surface area contributed by atoms with Gasteiger partial charge in [-0.25, -0.2) is 0 Å². The predicted octanol–water partition coefficient (Wildman–Crippen LogP) is 1.27. The van der Waals surface area contributed by atoms with E-state index in [4.69, 9.17) is 9.15 Å². The van der Waals surface area contributed by atoms with Gasteiger partial charge in [-0.1, -0.05) is 18.2 Å². The van der Waals surface area contributed by atoms with Gasteiger partial charge in [-0.05, 0) is 19.1 Å². The summed E-state index contributed by atoms with van der Waals surface area (Å²) < 4.78 is 11.2. The van der Waals surface area contributed by atoms with E-state index in [-0.39, 0.29) is 11.9 Å². The number of hydrogen-bond acceptors (Lipinski definition) is 7. The molecule has 2 aliphatic rings. The topological polar surface area (TPSA) is 74.9 Å². The first-order valence-electron chi connectivity index (χ1n) is 9.91. The van der Waals surface area contributed by atoms with Gasteiger partial charge in [0, 0.05) is 44.8 Å². The van der Waals surface area contributed by atoms with Crippen molar-refractivity contribution in [2.75, 3.05) is 59.0 Å². The third-order valence-electron chi connectivity index (χ3n) is 5.50. The van der Waals surface area contributed by atoms with Gasteiger partial charge in [0.05, 0.1) is 25.8 Å². The van der Waals surface area contributed by atoms with Crippen LogP contribution < -0.4 is 0 Å². The fourth-order valence-electron chi connectivity index (χ4n) is 3.67. The van der Waals surface area contributed by atoms with Gasteiger partial charge in [0.2, 0.25) is 17.7 Å². The maximum Gasteiger partial charge on any atom is 0.247 e. The van der Waals surface area contributed by atoms with Crippen molar-refractivity contribution >= 4 is 5.91 Å². The zero-order chi connectivity index (χ0) is 19.3. The largest absolute Gasteiger partial charge is 0.419 e. The molecule has 1 atom stereocenters. The Labute approximate surface area is 165 Å². The highest BCUT2D eigenvalue weighted by Crippen LogP contribution is 2.24. The van der Waals surface area contributed by atoms with E-state index in [2.05, 4.69) is 26.9 Å². The number of benzene rings is 1. The second kappa shape index (κ2) is 8.81. The van der Waals surface area contributed by atoms with Crippen molar-refractivity contribution in [1.29, 1.82) is 0 Å². The number of hydrogen-bond donors (Lipinski definition) is 0. The second-order valence-corrected chi connectivity index (χ2v) is 7.29. The molecule has 28 heavy (non-hydrogen) atoms. The van der Waals surface area contributed by atoms with Crippen molar-refractivity contribution in [3.05, 3.63) is 36.2 Å². The molecule has 2 fully saturated rings. The summed E-state index contributed by atoms with van der Waals surface area (Å²) in [5.41, 5.74) is 0.930. The minimum Gasteiger partial charge on any atom is -0.419 e. The summed E-state index contributed by atoms with van der Waals surface area (Å²) in [7, 11) is 0. The normalized spacial score (nSPS) is 20.2. The Morgan fingerprint density at radius 1 is 1.04 bits per heavy atom. The highest BCUT2D eigenvalue weighted by Gasteiger charge is 2.27. The summed E-state index contributed by atoms with van der Waals surface area (Å²) in [5.74, 6) is 1.39. The number of ether oxygens (including phenoxy) is 1. The summed E-state index contributed by atoms with van der Waals surface area (Å²) in [4.78, 5) is 18.9. The predicted molar refractivity (Wildman–Crippen MR) is 104 cm³/mol. The van der Waals surface area contributed by atoms with Gasteiger partial charge in [-0.3, -0.25) is 14.6 Å². The Bertz CT molecular complexity index is 767. The second-order valence-electron chi connectivity index (χ2n) is 7.29. The Balaban J connectivity index is 1.29. The number of piperazine rings is 1. The molecule has 0 spiro atoms. The Hall–Kier alpha value is -2.29. The number of aromatic nitrogens is 2. The van der Waals surface area contributed by atoms with E-state index in [1.807, 2.05) is 35.2 Å².